The molecule has 0 spiro atoms. The van der Waals surface area contributed by atoms with Gasteiger partial charge in [0.25, 0.3) is 0 Å². The molecule has 0 saturated heterocycles. The summed E-state index contributed by atoms with van der Waals surface area (Å²) < 4.78 is 5.04. The molecule has 2 rings (SSSR count). The predicted molar refractivity (Wildman–Crippen MR) is 85.4 cm³/mol. The number of nitrogens with zero attached hydrogens (tertiary/aromatic N) is 3. The first-order chi connectivity index (χ1) is 11.2. The van der Waals surface area contributed by atoms with E-state index in [9.17, 15) is 10.0 Å². The number of carbonyl (C=O) groups is 1. The number of hydrogen-bond acceptors (Lipinski definition) is 6. The zero-order valence-corrected chi connectivity index (χ0v) is 12.9. The second-order valence-corrected chi connectivity index (χ2v) is 4.98. The maximum Gasteiger partial charge on any atom is 0.306 e. The van der Waals surface area contributed by atoms with Gasteiger partial charge in [-0.3, -0.25) is 14.8 Å². The fourth-order valence-electron chi connectivity index (χ4n) is 2.33. The number of ether oxygens (including phenoxy) is 1. The van der Waals surface area contributed by atoms with Crippen molar-refractivity contribution in [1.82, 2.24) is 9.97 Å². The molecule has 1 atom stereocenters. The van der Waals surface area contributed by atoms with E-state index in [1.54, 1.807) is 37.8 Å². The molecule has 0 aliphatic rings. The number of esters is 1. The Kier molecular flexibility index (Phi) is 6.23. The van der Waals surface area contributed by atoms with E-state index in [-0.39, 0.29) is 18.3 Å². The van der Waals surface area contributed by atoms with E-state index < -0.39 is 0 Å². The van der Waals surface area contributed by atoms with Crippen LogP contribution >= 0.6 is 0 Å². The van der Waals surface area contributed by atoms with Crippen LogP contribution in [0.1, 0.15) is 36.8 Å². The van der Waals surface area contributed by atoms with Crippen molar-refractivity contribution in [2.24, 2.45) is 5.16 Å². The van der Waals surface area contributed by atoms with E-state index in [1.807, 2.05) is 18.2 Å². The smallest absolute Gasteiger partial charge is 0.306 e. The van der Waals surface area contributed by atoms with Gasteiger partial charge in [-0.2, -0.15) is 0 Å². The maximum absolute atomic E-state index is 11.9. The molecule has 2 aromatic heterocycles. The molecule has 0 bridgehead atoms. The molecule has 0 aliphatic heterocycles. The van der Waals surface area contributed by atoms with E-state index in [2.05, 4.69) is 15.1 Å². The molecule has 6 nitrogen and oxygen atoms in total. The van der Waals surface area contributed by atoms with Crippen LogP contribution in [0.25, 0.3) is 0 Å². The minimum atomic E-state index is -0.287. The molecule has 120 valence electrons. The molecule has 23 heavy (non-hydrogen) atoms. The summed E-state index contributed by atoms with van der Waals surface area (Å²) >= 11 is 0. The van der Waals surface area contributed by atoms with Crippen LogP contribution in [0.4, 0.5) is 0 Å². The minimum Gasteiger partial charge on any atom is -0.466 e. The highest BCUT2D eigenvalue weighted by atomic mass is 16.5. The van der Waals surface area contributed by atoms with Gasteiger partial charge < -0.3 is 9.94 Å². The third kappa shape index (κ3) is 4.88. The van der Waals surface area contributed by atoms with Gasteiger partial charge in [0.05, 0.1) is 18.7 Å². The van der Waals surface area contributed by atoms with Gasteiger partial charge in [0.2, 0.25) is 0 Å². The number of hydrogen-bond donors (Lipinski definition) is 1. The number of aromatic nitrogens is 2. The Morgan fingerprint density at radius 3 is 2.52 bits per heavy atom. The van der Waals surface area contributed by atoms with Gasteiger partial charge in [-0.25, -0.2) is 0 Å². The lowest BCUT2D eigenvalue weighted by atomic mass is 9.90. The van der Waals surface area contributed by atoms with Crippen molar-refractivity contribution >= 4 is 11.7 Å². The summed E-state index contributed by atoms with van der Waals surface area (Å²) in [5.41, 5.74) is 2.08. The number of carbonyl (C=O) groups excluding carboxylic acids is 1. The lowest BCUT2D eigenvalue weighted by Gasteiger charge is -2.17. The summed E-state index contributed by atoms with van der Waals surface area (Å²) in [5, 5.41) is 12.7. The summed E-state index contributed by atoms with van der Waals surface area (Å²) in [6, 6.07) is 7.29. The average molecular weight is 313 g/mol. The molecule has 1 N–H and O–H groups in total. The van der Waals surface area contributed by atoms with Crippen LogP contribution in [0.3, 0.4) is 0 Å². The molecule has 2 heterocycles. The molecule has 0 aromatic carbocycles. The standard InChI is InChI=1S/C17H19N3O3/c1-2-23-17(21)10-15(13-5-3-7-18-11-13)9-16(20-22)14-6-4-8-19-12-14/h3-8,11-12,15,22H,2,9-10H2,1H3/b20-16-. The van der Waals surface area contributed by atoms with Crippen molar-refractivity contribution in [3.05, 3.63) is 60.2 Å². The molecule has 0 aliphatic carbocycles. The lowest BCUT2D eigenvalue weighted by Crippen LogP contribution is -2.15. The van der Waals surface area contributed by atoms with Crippen LogP contribution in [-0.2, 0) is 9.53 Å². The fourth-order valence-corrected chi connectivity index (χ4v) is 2.33. The quantitative estimate of drug-likeness (QED) is 0.368. The first-order valence-corrected chi connectivity index (χ1v) is 7.41. The molecule has 1 unspecified atom stereocenters. The molecular weight excluding hydrogens is 294 g/mol. The van der Waals surface area contributed by atoms with E-state index in [0.717, 1.165) is 5.56 Å². The van der Waals surface area contributed by atoms with Crippen LogP contribution < -0.4 is 0 Å². The highest BCUT2D eigenvalue weighted by molar-refractivity contribution is 6.00. The fraction of sp³-hybridized carbons (Fsp3) is 0.294. The SMILES string of the molecule is CCOC(=O)CC(C/C(=N/O)c1cccnc1)c1cccnc1. The van der Waals surface area contributed by atoms with Crippen molar-refractivity contribution in [2.45, 2.75) is 25.7 Å². The van der Waals surface area contributed by atoms with Crippen molar-refractivity contribution < 1.29 is 14.7 Å². The molecule has 6 heteroatoms. The van der Waals surface area contributed by atoms with Gasteiger partial charge in [0.1, 0.15) is 0 Å². The largest absolute Gasteiger partial charge is 0.466 e. The van der Waals surface area contributed by atoms with Crippen LogP contribution in [-0.4, -0.2) is 33.5 Å². The Bertz CT molecular complexity index is 645. The minimum absolute atomic E-state index is 0.186. The zero-order chi connectivity index (χ0) is 16.5. The number of oxime groups is 1. The Morgan fingerprint density at radius 2 is 1.96 bits per heavy atom. The van der Waals surface area contributed by atoms with Gasteiger partial charge in [-0.05, 0) is 30.7 Å². The van der Waals surface area contributed by atoms with Gasteiger partial charge in [0, 0.05) is 42.7 Å². The van der Waals surface area contributed by atoms with E-state index in [4.69, 9.17) is 4.74 Å². The topological polar surface area (TPSA) is 84.7 Å². The van der Waals surface area contributed by atoms with E-state index >= 15 is 0 Å². The van der Waals surface area contributed by atoms with Crippen molar-refractivity contribution in [2.75, 3.05) is 6.61 Å². The molecule has 0 amide bonds. The number of rotatable bonds is 7. The average Bonchev–Trinajstić information content (AvgIpc) is 2.60. The number of pyridine rings is 2. The molecule has 2 aromatic rings. The highest BCUT2D eigenvalue weighted by Crippen LogP contribution is 2.25. The van der Waals surface area contributed by atoms with Crippen molar-refractivity contribution in [3.63, 3.8) is 0 Å². The molecule has 0 fully saturated rings. The third-order valence-electron chi connectivity index (χ3n) is 3.43. The molecule has 0 saturated carbocycles. The monoisotopic (exact) mass is 313 g/mol. The van der Waals surface area contributed by atoms with E-state index in [1.165, 1.54) is 0 Å². The summed E-state index contributed by atoms with van der Waals surface area (Å²) in [5.74, 6) is -0.473. The van der Waals surface area contributed by atoms with Gasteiger partial charge in [0.15, 0.2) is 0 Å². The van der Waals surface area contributed by atoms with Crippen LogP contribution in [0.2, 0.25) is 0 Å². The Hall–Kier alpha value is -2.76. The Morgan fingerprint density at radius 1 is 1.22 bits per heavy atom. The third-order valence-corrected chi connectivity index (χ3v) is 3.43. The van der Waals surface area contributed by atoms with Gasteiger partial charge in [-0.1, -0.05) is 11.2 Å². The predicted octanol–water partition coefficient (Wildman–Crippen LogP) is 2.78. The first-order valence-electron chi connectivity index (χ1n) is 7.41. The summed E-state index contributed by atoms with van der Waals surface area (Å²) in [6.07, 6.45) is 7.23. The van der Waals surface area contributed by atoms with Crippen LogP contribution in [0.15, 0.2) is 54.2 Å². The summed E-state index contributed by atoms with van der Waals surface area (Å²) in [4.78, 5) is 20.0. The lowest BCUT2D eigenvalue weighted by molar-refractivity contribution is -0.143. The first kappa shape index (κ1) is 16.6. The Balaban J connectivity index is 2.21. The Labute approximate surface area is 134 Å². The summed E-state index contributed by atoms with van der Waals surface area (Å²) in [6.45, 7) is 2.11. The second kappa shape index (κ2) is 8.63. The second-order valence-electron chi connectivity index (χ2n) is 4.98. The van der Waals surface area contributed by atoms with Gasteiger partial charge >= 0.3 is 5.97 Å². The van der Waals surface area contributed by atoms with Crippen molar-refractivity contribution in [3.8, 4) is 0 Å². The normalized spacial score (nSPS) is 12.7. The van der Waals surface area contributed by atoms with Gasteiger partial charge in [-0.15, -0.1) is 0 Å². The van der Waals surface area contributed by atoms with Crippen molar-refractivity contribution in [1.29, 1.82) is 0 Å². The maximum atomic E-state index is 11.9. The van der Waals surface area contributed by atoms with E-state index in [0.29, 0.717) is 24.3 Å². The zero-order valence-electron chi connectivity index (χ0n) is 12.9. The van der Waals surface area contributed by atoms with Crippen LogP contribution in [0.5, 0.6) is 0 Å². The molecule has 0 radical (unpaired) electrons. The highest BCUT2D eigenvalue weighted by Gasteiger charge is 2.21. The van der Waals surface area contributed by atoms with Crippen LogP contribution in [0, 0.1) is 0 Å². The molecular formula is C17H19N3O3. The summed E-state index contributed by atoms with van der Waals surface area (Å²) in [7, 11) is 0.